The molecule has 3 aromatic rings. The van der Waals surface area contributed by atoms with Crippen LogP contribution in [0.4, 0.5) is 0 Å². The van der Waals surface area contributed by atoms with Gasteiger partial charge in [0.05, 0.1) is 18.3 Å². The first-order valence-corrected chi connectivity index (χ1v) is 10.2. The van der Waals surface area contributed by atoms with Crippen molar-refractivity contribution in [3.8, 4) is 11.5 Å². The quantitative estimate of drug-likeness (QED) is 0.688. The van der Waals surface area contributed by atoms with E-state index in [1.54, 1.807) is 37.0 Å². The number of H-pyrrole nitrogens is 1. The molecule has 0 radical (unpaired) electrons. The number of amides is 1. The predicted molar refractivity (Wildman–Crippen MR) is 106 cm³/mol. The Labute approximate surface area is 167 Å². The van der Waals surface area contributed by atoms with Crippen LogP contribution in [-0.2, 0) is 6.61 Å². The zero-order chi connectivity index (χ0) is 19.3. The first-order valence-electron chi connectivity index (χ1n) is 9.21. The lowest BCUT2D eigenvalue weighted by atomic mass is 9.94. The molecule has 3 heterocycles. The molecule has 1 amide bonds. The number of carbonyl (C=O) groups excluding carboxylic acids is 1. The number of hydrogen-bond acceptors (Lipinski definition) is 6. The number of nitrogens with zero attached hydrogens (tertiary/aromatic N) is 3. The highest BCUT2D eigenvalue weighted by atomic mass is 32.1. The van der Waals surface area contributed by atoms with Crippen LogP contribution >= 0.6 is 11.3 Å². The SMILES string of the molecule is COc1cc(C(=O)N2CCCC(c3ccn[nH]3)C2)ccc1OCc1cscn1. The molecule has 0 bridgehead atoms. The van der Waals surface area contributed by atoms with Crippen molar-refractivity contribution in [1.82, 2.24) is 20.1 Å². The van der Waals surface area contributed by atoms with Crippen molar-refractivity contribution in [3.05, 3.63) is 58.3 Å². The van der Waals surface area contributed by atoms with Crippen LogP contribution in [0.5, 0.6) is 11.5 Å². The first-order chi connectivity index (χ1) is 13.7. The van der Waals surface area contributed by atoms with Gasteiger partial charge in [0.1, 0.15) is 6.61 Å². The van der Waals surface area contributed by atoms with Crippen LogP contribution in [0, 0.1) is 0 Å². The van der Waals surface area contributed by atoms with Crippen LogP contribution in [0.2, 0.25) is 0 Å². The zero-order valence-electron chi connectivity index (χ0n) is 15.6. The number of benzene rings is 1. The summed E-state index contributed by atoms with van der Waals surface area (Å²) in [5, 5.41) is 9.00. The second kappa shape index (κ2) is 8.43. The van der Waals surface area contributed by atoms with E-state index in [2.05, 4.69) is 15.2 Å². The number of methoxy groups -OCH3 is 1. The van der Waals surface area contributed by atoms with Crippen LogP contribution in [0.3, 0.4) is 0 Å². The summed E-state index contributed by atoms with van der Waals surface area (Å²) in [6.45, 7) is 1.81. The van der Waals surface area contributed by atoms with Crippen molar-refractivity contribution < 1.29 is 14.3 Å². The highest BCUT2D eigenvalue weighted by Gasteiger charge is 2.26. The Bertz CT molecular complexity index is 912. The van der Waals surface area contributed by atoms with Gasteiger partial charge >= 0.3 is 0 Å². The van der Waals surface area contributed by atoms with Crippen LogP contribution in [0.15, 0.2) is 41.4 Å². The van der Waals surface area contributed by atoms with Crippen molar-refractivity contribution in [1.29, 1.82) is 0 Å². The zero-order valence-corrected chi connectivity index (χ0v) is 16.4. The summed E-state index contributed by atoms with van der Waals surface area (Å²) in [6, 6.07) is 7.31. The number of thiazole rings is 1. The van der Waals surface area contributed by atoms with Crippen LogP contribution in [0.25, 0.3) is 0 Å². The fourth-order valence-corrected chi connectivity index (χ4v) is 4.02. The van der Waals surface area contributed by atoms with Crippen LogP contribution in [-0.4, -0.2) is 46.2 Å². The molecule has 8 heteroatoms. The van der Waals surface area contributed by atoms with Crippen molar-refractivity contribution in [2.45, 2.75) is 25.4 Å². The number of aromatic nitrogens is 3. The van der Waals surface area contributed by atoms with E-state index < -0.39 is 0 Å². The highest BCUT2D eigenvalue weighted by molar-refractivity contribution is 7.07. The normalized spacial score (nSPS) is 16.8. The molecule has 1 atom stereocenters. The minimum atomic E-state index is 0.00793. The average molecular weight is 398 g/mol. The van der Waals surface area contributed by atoms with E-state index in [1.807, 2.05) is 16.3 Å². The molecule has 4 rings (SSSR count). The molecule has 0 spiro atoms. The number of piperidine rings is 1. The fourth-order valence-electron chi connectivity index (χ4n) is 3.47. The number of rotatable bonds is 6. The largest absolute Gasteiger partial charge is 0.493 e. The summed E-state index contributed by atoms with van der Waals surface area (Å²) in [6.07, 6.45) is 3.78. The second-order valence-corrected chi connectivity index (χ2v) is 7.46. The van der Waals surface area contributed by atoms with Gasteiger partial charge in [0.15, 0.2) is 11.5 Å². The standard InChI is InChI=1S/C20H22N4O3S/c1-26-19-9-14(4-5-18(19)27-11-16-12-28-13-21-16)20(25)24-8-2-3-15(10-24)17-6-7-22-23-17/h4-7,9,12-13,15H,2-3,8,10-11H2,1H3,(H,22,23). The van der Waals surface area contributed by atoms with Gasteiger partial charge in [-0.2, -0.15) is 5.10 Å². The van der Waals surface area contributed by atoms with E-state index in [-0.39, 0.29) is 5.91 Å². The van der Waals surface area contributed by atoms with E-state index in [4.69, 9.17) is 9.47 Å². The molecule has 2 aromatic heterocycles. The van der Waals surface area contributed by atoms with E-state index in [0.29, 0.717) is 36.1 Å². The molecule has 1 N–H and O–H groups in total. The molecule has 1 unspecified atom stereocenters. The smallest absolute Gasteiger partial charge is 0.254 e. The van der Waals surface area contributed by atoms with Gasteiger partial charge < -0.3 is 14.4 Å². The molecule has 0 saturated carbocycles. The lowest BCUT2D eigenvalue weighted by molar-refractivity contribution is 0.0705. The van der Waals surface area contributed by atoms with E-state index in [0.717, 1.165) is 30.8 Å². The molecule has 1 aliphatic heterocycles. The Morgan fingerprint density at radius 2 is 2.29 bits per heavy atom. The summed E-state index contributed by atoms with van der Waals surface area (Å²) >= 11 is 1.53. The summed E-state index contributed by atoms with van der Waals surface area (Å²) in [5.74, 6) is 1.45. The molecule has 7 nitrogen and oxygen atoms in total. The monoisotopic (exact) mass is 398 g/mol. The number of likely N-dealkylation sites (tertiary alicyclic amines) is 1. The third-order valence-electron chi connectivity index (χ3n) is 4.94. The maximum Gasteiger partial charge on any atom is 0.254 e. The lowest BCUT2D eigenvalue weighted by Gasteiger charge is -2.32. The Balaban J connectivity index is 1.46. The predicted octanol–water partition coefficient (Wildman–Crippen LogP) is 3.47. The van der Waals surface area contributed by atoms with Crippen molar-refractivity contribution >= 4 is 17.2 Å². The summed E-state index contributed by atoms with van der Waals surface area (Å²) in [4.78, 5) is 19.1. The molecule has 0 aliphatic carbocycles. The van der Waals surface area contributed by atoms with Crippen molar-refractivity contribution in [3.63, 3.8) is 0 Å². The number of ether oxygens (including phenoxy) is 2. The Hall–Kier alpha value is -2.87. The van der Waals surface area contributed by atoms with Crippen molar-refractivity contribution in [2.75, 3.05) is 20.2 Å². The summed E-state index contributed by atoms with van der Waals surface area (Å²) in [7, 11) is 1.58. The van der Waals surface area contributed by atoms with Gasteiger partial charge in [-0.1, -0.05) is 0 Å². The molecule has 1 aromatic carbocycles. The van der Waals surface area contributed by atoms with Gasteiger partial charge in [-0.15, -0.1) is 11.3 Å². The number of carbonyl (C=O) groups is 1. The molecule has 1 fully saturated rings. The minimum Gasteiger partial charge on any atom is -0.493 e. The van der Waals surface area contributed by atoms with Gasteiger partial charge in [0.25, 0.3) is 5.91 Å². The van der Waals surface area contributed by atoms with Crippen molar-refractivity contribution in [2.24, 2.45) is 0 Å². The molecule has 28 heavy (non-hydrogen) atoms. The summed E-state index contributed by atoms with van der Waals surface area (Å²) in [5.41, 5.74) is 4.32. The maximum absolute atomic E-state index is 13.0. The summed E-state index contributed by atoms with van der Waals surface area (Å²) < 4.78 is 11.2. The Morgan fingerprint density at radius 1 is 1.36 bits per heavy atom. The second-order valence-electron chi connectivity index (χ2n) is 6.74. The molecule has 1 saturated heterocycles. The third-order valence-corrected chi connectivity index (χ3v) is 5.58. The minimum absolute atomic E-state index is 0.00793. The van der Waals surface area contributed by atoms with Gasteiger partial charge in [0.2, 0.25) is 0 Å². The van der Waals surface area contributed by atoms with Gasteiger partial charge in [-0.25, -0.2) is 4.98 Å². The van der Waals surface area contributed by atoms with Gasteiger partial charge in [0, 0.05) is 41.8 Å². The third kappa shape index (κ3) is 4.01. The average Bonchev–Trinajstić information content (AvgIpc) is 3.46. The molecular weight excluding hydrogens is 376 g/mol. The molecule has 146 valence electrons. The van der Waals surface area contributed by atoms with E-state index in [9.17, 15) is 4.79 Å². The fraction of sp³-hybridized carbons (Fsp3) is 0.350. The Kier molecular flexibility index (Phi) is 5.57. The topological polar surface area (TPSA) is 80.3 Å². The van der Waals surface area contributed by atoms with Gasteiger partial charge in [-0.05, 0) is 37.1 Å². The first kappa shape index (κ1) is 18.5. The molecule has 1 aliphatic rings. The molecular formula is C20H22N4O3S. The van der Waals surface area contributed by atoms with Gasteiger partial charge in [-0.3, -0.25) is 9.89 Å². The number of hydrogen-bond donors (Lipinski definition) is 1. The Morgan fingerprint density at radius 3 is 3.04 bits per heavy atom. The lowest BCUT2D eigenvalue weighted by Crippen LogP contribution is -2.39. The number of nitrogens with one attached hydrogen (secondary N) is 1. The highest BCUT2D eigenvalue weighted by Crippen LogP contribution is 2.31. The van der Waals surface area contributed by atoms with Crippen LogP contribution < -0.4 is 9.47 Å². The van der Waals surface area contributed by atoms with E-state index >= 15 is 0 Å². The number of aromatic amines is 1. The maximum atomic E-state index is 13.0. The van der Waals surface area contributed by atoms with E-state index in [1.165, 1.54) is 11.3 Å². The van der Waals surface area contributed by atoms with Crippen LogP contribution in [0.1, 0.15) is 40.5 Å².